The zero-order valence-electron chi connectivity index (χ0n) is 25.6. The first-order valence-electron chi connectivity index (χ1n) is 15.6. The standard InChI is InChI=1S/C37H41Cl2N2O2.ClH/c1-28(2)43-32-11-6-8-29(24-32)25-35(42)40-19-7-14-37(27-40,31-12-13-33(38)34(39)26-31)18-23-41-20-15-36(16-21-41,17-22-41)30-9-4-3-5-10-30;/h3-6,8-13,24,26,28H,15-23,25,27H2,1-2H3;1H/q+1;/p-1. The van der Waals surface area contributed by atoms with Crippen LogP contribution in [0, 0.1) is 11.8 Å². The van der Waals surface area contributed by atoms with Gasteiger partial charge in [0.05, 0.1) is 60.7 Å². The molecule has 4 aliphatic heterocycles. The zero-order valence-corrected chi connectivity index (χ0v) is 27.9. The molecular formula is C37H41Cl3N2O2. The minimum atomic E-state index is -0.497. The van der Waals surface area contributed by atoms with Crippen molar-refractivity contribution in [3.63, 3.8) is 0 Å². The fourth-order valence-electron chi connectivity index (χ4n) is 7.48. The summed E-state index contributed by atoms with van der Waals surface area (Å²) in [5, 5.41) is 1.06. The van der Waals surface area contributed by atoms with Gasteiger partial charge in [0.1, 0.15) is 5.75 Å². The minimum Gasteiger partial charge on any atom is -1.00 e. The zero-order chi connectivity index (χ0) is 30.1. The van der Waals surface area contributed by atoms with Gasteiger partial charge in [-0.1, -0.05) is 83.6 Å². The van der Waals surface area contributed by atoms with E-state index in [0.717, 1.165) is 34.3 Å². The first-order valence-corrected chi connectivity index (χ1v) is 16.4. The second kappa shape index (κ2) is 13.4. The lowest BCUT2D eigenvalue weighted by Crippen LogP contribution is -3.00. The highest BCUT2D eigenvalue weighted by Crippen LogP contribution is 2.47. The fraction of sp³-hybridized carbons (Fsp3) is 0.432. The normalized spacial score (nSPS) is 25.6. The van der Waals surface area contributed by atoms with Crippen LogP contribution in [-0.2, 0) is 22.0 Å². The molecule has 0 spiro atoms. The highest BCUT2D eigenvalue weighted by Gasteiger charge is 2.50. The van der Waals surface area contributed by atoms with Gasteiger partial charge in [-0.05, 0) is 54.8 Å². The van der Waals surface area contributed by atoms with E-state index in [1.807, 2.05) is 55.1 Å². The molecule has 3 aromatic carbocycles. The summed E-state index contributed by atoms with van der Waals surface area (Å²) in [7, 11) is 0. The van der Waals surface area contributed by atoms with E-state index in [-0.39, 0.29) is 24.4 Å². The highest BCUT2D eigenvalue weighted by molar-refractivity contribution is 6.42. The number of hydrogen-bond donors (Lipinski definition) is 0. The number of hydrogen-bond acceptors (Lipinski definition) is 2. The van der Waals surface area contributed by atoms with E-state index in [1.54, 1.807) is 0 Å². The van der Waals surface area contributed by atoms with E-state index in [4.69, 9.17) is 27.9 Å². The number of ether oxygens (including phenoxy) is 1. The number of nitrogens with zero attached hydrogens (tertiary/aromatic N) is 2. The van der Waals surface area contributed by atoms with Gasteiger partial charge in [-0.15, -0.1) is 0 Å². The Morgan fingerprint density at radius 3 is 2.34 bits per heavy atom. The third kappa shape index (κ3) is 6.77. The minimum absolute atomic E-state index is 0. The summed E-state index contributed by atoms with van der Waals surface area (Å²) in [5.41, 5.74) is 3.33. The Kier molecular flexibility index (Phi) is 9.93. The van der Waals surface area contributed by atoms with Gasteiger partial charge in [0, 0.05) is 37.6 Å². The molecule has 0 saturated carbocycles. The van der Waals surface area contributed by atoms with Crippen molar-refractivity contribution in [2.24, 2.45) is 0 Å². The number of halogens is 3. The monoisotopic (exact) mass is 650 g/mol. The fourth-order valence-corrected chi connectivity index (χ4v) is 7.78. The highest BCUT2D eigenvalue weighted by atomic mass is 35.5. The topological polar surface area (TPSA) is 29.5 Å². The van der Waals surface area contributed by atoms with Crippen molar-refractivity contribution in [1.82, 2.24) is 4.90 Å². The maximum Gasteiger partial charge on any atom is 0.227 e. The van der Waals surface area contributed by atoms with E-state index in [1.165, 1.54) is 44.5 Å². The quantitative estimate of drug-likeness (QED) is 0.253. The number of carbonyl (C=O) groups excluding carboxylic acids is 1. The lowest BCUT2D eigenvalue weighted by atomic mass is 9.66. The smallest absolute Gasteiger partial charge is 0.227 e. The number of piperidine rings is 3. The van der Waals surface area contributed by atoms with Crippen molar-refractivity contribution >= 4 is 29.1 Å². The molecule has 4 aliphatic rings. The molecule has 1 atom stereocenters. The first-order chi connectivity index (χ1) is 20.7. The first kappa shape index (κ1) is 32.7. The average molecular weight is 652 g/mol. The van der Waals surface area contributed by atoms with Crippen LogP contribution in [0.5, 0.6) is 5.75 Å². The van der Waals surface area contributed by atoms with Gasteiger partial charge in [0.25, 0.3) is 0 Å². The summed E-state index contributed by atoms with van der Waals surface area (Å²) in [6.45, 7) is 9.61. The van der Waals surface area contributed by atoms with Crippen molar-refractivity contribution in [3.8, 4) is 17.6 Å². The maximum atomic E-state index is 13.7. The SMILES string of the molecule is CC(C)Oc1cccc(CC(=O)N2CC#CC(CC[N+]34CCC(c5ccccc5)(CC3)CC4)(c3ccc(Cl)c(Cl)c3)C2)c1.[Cl-]. The van der Waals surface area contributed by atoms with Gasteiger partial charge in [-0.25, -0.2) is 0 Å². The molecule has 3 fully saturated rings. The van der Waals surface area contributed by atoms with Crippen molar-refractivity contribution in [1.29, 1.82) is 0 Å². The van der Waals surface area contributed by atoms with Crippen LogP contribution in [-0.4, -0.2) is 60.7 Å². The predicted molar refractivity (Wildman–Crippen MR) is 175 cm³/mol. The van der Waals surface area contributed by atoms with Crippen LogP contribution >= 0.6 is 23.2 Å². The Hall–Kier alpha value is -2.68. The van der Waals surface area contributed by atoms with Gasteiger partial charge in [0.15, 0.2) is 0 Å². The van der Waals surface area contributed by atoms with Gasteiger partial charge >= 0.3 is 0 Å². The van der Waals surface area contributed by atoms with Crippen molar-refractivity contribution in [2.45, 2.75) is 62.9 Å². The third-order valence-electron chi connectivity index (χ3n) is 10.1. The summed E-state index contributed by atoms with van der Waals surface area (Å²) < 4.78 is 7.00. The van der Waals surface area contributed by atoms with E-state index >= 15 is 0 Å². The van der Waals surface area contributed by atoms with Crippen LogP contribution in [0.3, 0.4) is 0 Å². The molecule has 0 aromatic heterocycles. The summed E-state index contributed by atoms with van der Waals surface area (Å²) in [6, 6.07) is 24.9. The number of carbonyl (C=O) groups is 1. The van der Waals surface area contributed by atoms with Crippen molar-refractivity contribution in [2.75, 3.05) is 39.3 Å². The maximum absolute atomic E-state index is 13.7. The molecule has 0 N–H and O–H groups in total. The number of rotatable bonds is 9. The molecule has 4 nitrogen and oxygen atoms in total. The Morgan fingerprint density at radius 2 is 1.66 bits per heavy atom. The molecule has 0 radical (unpaired) electrons. The molecule has 7 heteroatoms. The molecule has 0 aliphatic carbocycles. The van der Waals surface area contributed by atoms with Crippen LogP contribution < -0.4 is 17.1 Å². The molecule has 1 amide bonds. The molecular weight excluding hydrogens is 611 g/mol. The molecule has 2 bridgehead atoms. The lowest BCUT2D eigenvalue weighted by molar-refractivity contribution is -0.943. The van der Waals surface area contributed by atoms with Gasteiger partial charge < -0.3 is 26.5 Å². The van der Waals surface area contributed by atoms with E-state index in [2.05, 4.69) is 48.2 Å². The molecule has 7 rings (SSSR count). The number of benzene rings is 3. The molecule has 232 valence electrons. The molecule has 44 heavy (non-hydrogen) atoms. The van der Waals surface area contributed by atoms with E-state index in [0.29, 0.717) is 35.0 Å². The van der Waals surface area contributed by atoms with Crippen molar-refractivity contribution in [3.05, 3.63) is 99.5 Å². The lowest BCUT2D eigenvalue weighted by Gasteiger charge is -2.56. The van der Waals surface area contributed by atoms with Gasteiger partial charge in [0.2, 0.25) is 5.91 Å². The largest absolute Gasteiger partial charge is 1.00 e. The Labute approximate surface area is 278 Å². The van der Waals surface area contributed by atoms with Gasteiger partial charge in [-0.2, -0.15) is 0 Å². The second-order valence-corrected chi connectivity index (χ2v) is 14.0. The molecule has 1 unspecified atom stereocenters. The van der Waals surface area contributed by atoms with Gasteiger partial charge in [-0.3, -0.25) is 4.79 Å². The number of quaternary nitrogens is 1. The van der Waals surface area contributed by atoms with E-state index in [9.17, 15) is 4.79 Å². The van der Waals surface area contributed by atoms with Crippen LogP contribution in [0.25, 0.3) is 0 Å². The molecule has 4 heterocycles. The molecule has 3 aromatic rings. The van der Waals surface area contributed by atoms with Crippen LogP contribution in [0.1, 0.15) is 56.2 Å². The Morgan fingerprint density at radius 1 is 0.932 bits per heavy atom. The summed E-state index contributed by atoms with van der Waals surface area (Å²) in [4.78, 5) is 15.6. The molecule has 3 saturated heterocycles. The predicted octanol–water partition coefficient (Wildman–Crippen LogP) is 4.45. The Balaban J connectivity index is 0.00000384. The van der Waals surface area contributed by atoms with Crippen LogP contribution in [0.2, 0.25) is 10.0 Å². The van der Waals surface area contributed by atoms with Crippen LogP contribution in [0.15, 0.2) is 72.8 Å². The third-order valence-corrected chi connectivity index (χ3v) is 10.8. The number of fused-ring (bicyclic) bond motifs is 3. The van der Waals surface area contributed by atoms with Crippen molar-refractivity contribution < 1.29 is 26.4 Å². The average Bonchev–Trinajstić information content (AvgIpc) is 3.03. The second-order valence-electron chi connectivity index (χ2n) is 13.1. The van der Waals surface area contributed by atoms with Crippen LogP contribution in [0.4, 0.5) is 0 Å². The summed E-state index contributed by atoms with van der Waals surface area (Å²) >= 11 is 12.9. The van der Waals surface area contributed by atoms with E-state index < -0.39 is 5.41 Å². The Bertz CT molecular complexity index is 1520. The summed E-state index contributed by atoms with van der Waals surface area (Å²) in [6.07, 6.45) is 4.95. The number of amides is 1. The summed E-state index contributed by atoms with van der Waals surface area (Å²) in [5.74, 6) is 7.86.